The molecular formula is C29H38ClNO3. The van der Waals surface area contributed by atoms with Gasteiger partial charge in [0.25, 0.3) is 0 Å². The monoisotopic (exact) mass is 483 g/mol. The molecule has 1 amide bonds. The van der Waals surface area contributed by atoms with Crippen molar-refractivity contribution in [2.45, 2.75) is 96.9 Å². The van der Waals surface area contributed by atoms with E-state index in [-0.39, 0.29) is 22.3 Å². The number of nitrogens with zero attached hydrogens (tertiary/aromatic N) is 1. The second-order valence-corrected chi connectivity index (χ2v) is 13.5. The molecule has 5 heteroatoms. The zero-order chi connectivity index (χ0) is 24.7. The number of hydrogen-bond donors (Lipinski definition) is 1. The van der Waals surface area contributed by atoms with Crippen LogP contribution in [0.4, 0.5) is 0 Å². The first-order valence-corrected chi connectivity index (χ1v) is 13.3. The Labute approximate surface area is 208 Å². The third kappa shape index (κ3) is 3.46. The zero-order valence-corrected chi connectivity index (χ0v) is 22.0. The summed E-state index contributed by atoms with van der Waals surface area (Å²) in [4.78, 5) is 27.2. The smallest absolute Gasteiger partial charge is 0.309 e. The number of carboxylic acids is 1. The minimum absolute atomic E-state index is 0.136. The molecule has 0 spiro atoms. The van der Waals surface area contributed by atoms with E-state index in [0.29, 0.717) is 37.5 Å². The molecular weight excluding hydrogens is 446 g/mol. The Morgan fingerprint density at radius 1 is 1.21 bits per heavy atom. The average Bonchev–Trinajstić information content (AvgIpc) is 2.68. The number of carbonyl (C=O) groups is 2. The van der Waals surface area contributed by atoms with Crippen molar-refractivity contribution in [3.8, 4) is 0 Å². The van der Waals surface area contributed by atoms with Crippen LogP contribution in [-0.4, -0.2) is 27.4 Å². The van der Waals surface area contributed by atoms with Crippen LogP contribution in [0.3, 0.4) is 0 Å². The first-order valence-electron chi connectivity index (χ1n) is 12.9. The van der Waals surface area contributed by atoms with Gasteiger partial charge in [0, 0.05) is 23.1 Å². The highest BCUT2D eigenvalue weighted by Gasteiger charge is 2.75. The molecule has 0 saturated heterocycles. The van der Waals surface area contributed by atoms with Crippen LogP contribution in [0.2, 0.25) is 5.02 Å². The summed E-state index contributed by atoms with van der Waals surface area (Å²) >= 11 is 6.82. The van der Waals surface area contributed by atoms with E-state index >= 15 is 0 Å². The Bertz CT molecular complexity index is 1060. The van der Waals surface area contributed by atoms with E-state index in [9.17, 15) is 14.7 Å². The molecule has 6 rings (SSSR count). The van der Waals surface area contributed by atoms with Crippen molar-refractivity contribution < 1.29 is 14.7 Å². The zero-order valence-electron chi connectivity index (χ0n) is 21.2. The van der Waals surface area contributed by atoms with Gasteiger partial charge in [-0.3, -0.25) is 9.59 Å². The summed E-state index contributed by atoms with van der Waals surface area (Å²) in [6.45, 7) is 11.3. The molecule has 5 aliphatic rings. The first-order chi connectivity index (χ1) is 15.8. The molecule has 3 atom stereocenters. The van der Waals surface area contributed by atoms with Gasteiger partial charge in [-0.1, -0.05) is 58.4 Å². The van der Waals surface area contributed by atoms with Crippen LogP contribution < -0.4 is 0 Å². The molecule has 1 aliphatic heterocycles. The normalized spacial score (nSPS) is 36.8. The fourth-order valence-electron chi connectivity index (χ4n) is 7.19. The Balaban J connectivity index is 1.49. The Morgan fingerprint density at radius 2 is 1.88 bits per heavy atom. The molecule has 4 nitrogen and oxygen atoms in total. The molecule has 2 bridgehead atoms. The number of amides is 1. The molecule has 4 aliphatic carbocycles. The molecule has 1 unspecified atom stereocenters. The largest absolute Gasteiger partial charge is 0.481 e. The van der Waals surface area contributed by atoms with Crippen molar-refractivity contribution in [2.24, 2.45) is 22.7 Å². The lowest BCUT2D eigenvalue weighted by atomic mass is 9.38. The van der Waals surface area contributed by atoms with E-state index in [1.807, 2.05) is 4.90 Å². The highest BCUT2D eigenvalue weighted by Crippen LogP contribution is 2.71. The van der Waals surface area contributed by atoms with Gasteiger partial charge in [0.2, 0.25) is 5.91 Å². The number of aliphatic carboxylic acids is 1. The topological polar surface area (TPSA) is 57.6 Å². The van der Waals surface area contributed by atoms with E-state index in [0.717, 1.165) is 36.3 Å². The predicted octanol–water partition coefficient (Wildman–Crippen LogP) is 6.75. The quantitative estimate of drug-likeness (QED) is 0.504. The van der Waals surface area contributed by atoms with Crippen LogP contribution in [0.25, 0.3) is 0 Å². The van der Waals surface area contributed by atoms with Gasteiger partial charge in [0.05, 0.1) is 11.0 Å². The molecule has 1 aromatic carbocycles. The van der Waals surface area contributed by atoms with Gasteiger partial charge in [-0.05, 0) is 85.0 Å². The highest BCUT2D eigenvalue weighted by atomic mass is 35.5. The van der Waals surface area contributed by atoms with Gasteiger partial charge in [0.15, 0.2) is 0 Å². The lowest BCUT2D eigenvalue weighted by molar-refractivity contribution is -0.224. The maximum atomic E-state index is 13.6. The Kier molecular flexibility index (Phi) is 5.34. The second-order valence-electron chi connectivity index (χ2n) is 13.1. The molecule has 1 aromatic rings. The maximum absolute atomic E-state index is 13.6. The summed E-state index contributed by atoms with van der Waals surface area (Å²) in [7, 11) is 0. The van der Waals surface area contributed by atoms with Crippen LogP contribution in [-0.2, 0) is 21.4 Å². The van der Waals surface area contributed by atoms with E-state index < -0.39 is 11.4 Å². The molecule has 0 radical (unpaired) electrons. The standard InChI is InChI=1S/C29H38ClNO3/c1-18-8-11-29(21-7-6-20(23(30)12-21)9-10-26(3,4)5)13-24(32)31(14-22(29)19(18)2)28-15-27(16-28,17-28)25(33)34/h6-7,12,14,18-19H,8-11,13,15-17H2,1-5H3,(H,33,34)/t18-,19-,27?,28?,29?/m1/s1. The van der Waals surface area contributed by atoms with Crippen LogP contribution in [0.15, 0.2) is 30.0 Å². The number of rotatable bonds is 5. The van der Waals surface area contributed by atoms with Crippen LogP contribution in [0, 0.1) is 22.7 Å². The minimum atomic E-state index is -0.707. The summed E-state index contributed by atoms with van der Waals surface area (Å²) in [5.74, 6) is 0.345. The molecule has 4 saturated carbocycles. The third-order valence-corrected chi connectivity index (χ3v) is 9.98. The van der Waals surface area contributed by atoms with Gasteiger partial charge in [-0.15, -0.1) is 0 Å². The molecule has 1 N–H and O–H groups in total. The van der Waals surface area contributed by atoms with E-state index in [2.05, 4.69) is 59.0 Å². The number of halogens is 1. The lowest BCUT2D eigenvalue weighted by Crippen LogP contribution is -2.77. The lowest BCUT2D eigenvalue weighted by Gasteiger charge is -2.71. The van der Waals surface area contributed by atoms with Gasteiger partial charge < -0.3 is 10.0 Å². The number of fused-ring (bicyclic) bond motifs is 1. The van der Waals surface area contributed by atoms with Crippen LogP contribution in [0.5, 0.6) is 0 Å². The summed E-state index contributed by atoms with van der Waals surface area (Å²) in [6.07, 6.45) is 8.43. The summed E-state index contributed by atoms with van der Waals surface area (Å²) < 4.78 is 0. The Hall–Kier alpha value is -1.81. The van der Waals surface area contributed by atoms with Gasteiger partial charge in [-0.2, -0.15) is 0 Å². The van der Waals surface area contributed by atoms with E-state index in [1.165, 1.54) is 11.1 Å². The molecule has 4 fully saturated rings. The van der Waals surface area contributed by atoms with Crippen molar-refractivity contribution in [1.82, 2.24) is 4.90 Å². The van der Waals surface area contributed by atoms with Crippen molar-refractivity contribution >= 4 is 23.5 Å². The van der Waals surface area contributed by atoms with Crippen LogP contribution in [0.1, 0.15) is 90.7 Å². The molecule has 184 valence electrons. The fraction of sp³-hybridized carbons (Fsp3) is 0.655. The number of carboxylic acid groups (broad SMARTS) is 1. The highest BCUT2D eigenvalue weighted by molar-refractivity contribution is 6.31. The van der Waals surface area contributed by atoms with Gasteiger partial charge in [-0.25, -0.2) is 0 Å². The molecule has 0 aromatic heterocycles. The molecule has 34 heavy (non-hydrogen) atoms. The van der Waals surface area contributed by atoms with Crippen molar-refractivity contribution in [1.29, 1.82) is 0 Å². The van der Waals surface area contributed by atoms with E-state index in [1.54, 1.807) is 0 Å². The van der Waals surface area contributed by atoms with Crippen LogP contribution >= 0.6 is 11.6 Å². The summed E-state index contributed by atoms with van der Waals surface area (Å²) in [5.41, 5.74) is 2.76. The summed E-state index contributed by atoms with van der Waals surface area (Å²) in [6, 6.07) is 6.51. The van der Waals surface area contributed by atoms with Gasteiger partial charge >= 0.3 is 5.97 Å². The van der Waals surface area contributed by atoms with Crippen molar-refractivity contribution in [3.05, 3.63) is 46.1 Å². The summed E-state index contributed by atoms with van der Waals surface area (Å²) in [5, 5.41) is 10.4. The van der Waals surface area contributed by atoms with Crippen molar-refractivity contribution in [2.75, 3.05) is 0 Å². The SMILES string of the molecule is C[C@@H]1CCC2(c3ccc(CCC(C)(C)C)c(Cl)c3)CC(=O)N(C34CC(C(=O)O)(C3)C4)C=C2[C@@H]1C. The minimum Gasteiger partial charge on any atom is -0.481 e. The fourth-order valence-corrected chi connectivity index (χ4v) is 7.46. The number of allylic oxidation sites excluding steroid dienone is 1. The number of hydrogen-bond acceptors (Lipinski definition) is 2. The average molecular weight is 484 g/mol. The van der Waals surface area contributed by atoms with E-state index in [4.69, 9.17) is 11.6 Å². The maximum Gasteiger partial charge on any atom is 0.309 e. The third-order valence-electron chi connectivity index (χ3n) is 9.63. The first kappa shape index (κ1) is 23.9. The Morgan fingerprint density at radius 3 is 2.47 bits per heavy atom. The predicted molar refractivity (Wildman–Crippen MR) is 135 cm³/mol. The molecule has 1 heterocycles. The van der Waals surface area contributed by atoms with Crippen molar-refractivity contribution in [3.63, 3.8) is 0 Å². The number of benzene rings is 1. The number of carbonyl (C=O) groups excluding carboxylic acids is 1. The van der Waals surface area contributed by atoms with Gasteiger partial charge in [0.1, 0.15) is 0 Å². The number of aryl methyl sites for hydroxylation is 1. The second kappa shape index (κ2) is 7.59.